The van der Waals surface area contributed by atoms with Gasteiger partial charge in [0.25, 0.3) is 0 Å². The third-order valence-corrected chi connectivity index (χ3v) is 2.57. The Hall–Kier alpha value is -0.610. The van der Waals surface area contributed by atoms with Crippen molar-refractivity contribution in [1.29, 1.82) is 0 Å². The van der Waals surface area contributed by atoms with E-state index < -0.39 is 0 Å². The van der Waals surface area contributed by atoms with Gasteiger partial charge in [0.15, 0.2) is 0 Å². The maximum absolute atomic E-state index is 11.3. The minimum absolute atomic E-state index is 0.109. The predicted octanol–water partition coefficient (Wildman–Crippen LogP) is 1.12. The van der Waals surface area contributed by atoms with Crippen molar-refractivity contribution < 1.29 is 4.79 Å². The standard InChI is InChI=1S/C11H25N3O/c1-5-10(6-2)14(7-9(3)4)8-11(15)13-12/h9-10H,5-8,12H2,1-4H3,(H,13,15). The molecule has 0 rings (SSSR count). The lowest BCUT2D eigenvalue weighted by Gasteiger charge is -2.30. The van der Waals surface area contributed by atoms with E-state index in [1.165, 1.54) is 0 Å². The first-order valence-corrected chi connectivity index (χ1v) is 5.78. The number of amides is 1. The van der Waals surface area contributed by atoms with Crippen LogP contribution in [0.2, 0.25) is 0 Å². The quantitative estimate of drug-likeness (QED) is 0.380. The summed E-state index contributed by atoms with van der Waals surface area (Å²) in [6.07, 6.45) is 2.14. The zero-order valence-corrected chi connectivity index (χ0v) is 10.4. The van der Waals surface area contributed by atoms with Crippen LogP contribution in [-0.2, 0) is 4.79 Å². The normalized spacial score (nSPS) is 11.5. The zero-order valence-electron chi connectivity index (χ0n) is 10.4. The van der Waals surface area contributed by atoms with E-state index in [2.05, 4.69) is 38.0 Å². The van der Waals surface area contributed by atoms with Crippen LogP contribution in [0.1, 0.15) is 40.5 Å². The molecule has 0 aliphatic rings. The number of rotatable bonds is 7. The number of carbonyl (C=O) groups is 1. The number of nitrogens with one attached hydrogen (secondary N) is 1. The molecule has 0 aromatic rings. The van der Waals surface area contributed by atoms with Crippen LogP contribution in [-0.4, -0.2) is 29.9 Å². The summed E-state index contributed by atoms with van der Waals surface area (Å²) in [5.41, 5.74) is 2.19. The molecule has 0 aromatic carbocycles. The highest BCUT2D eigenvalue weighted by Crippen LogP contribution is 2.10. The molecule has 3 N–H and O–H groups in total. The van der Waals surface area contributed by atoms with E-state index in [1.54, 1.807) is 0 Å². The Balaban J connectivity index is 4.34. The van der Waals surface area contributed by atoms with Crippen LogP contribution in [0.25, 0.3) is 0 Å². The summed E-state index contributed by atoms with van der Waals surface area (Å²) in [6, 6.07) is 0.477. The van der Waals surface area contributed by atoms with Crippen molar-refractivity contribution in [3.8, 4) is 0 Å². The van der Waals surface area contributed by atoms with Crippen LogP contribution >= 0.6 is 0 Å². The van der Waals surface area contributed by atoms with E-state index >= 15 is 0 Å². The Labute approximate surface area is 93.2 Å². The van der Waals surface area contributed by atoms with Gasteiger partial charge in [0.05, 0.1) is 6.54 Å². The van der Waals surface area contributed by atoms with Crippen molar-refractivity contribution in [3.63, 3.8) is 0 Å². The highest BCUT2D eigenvalue weighted by Gasteiger charge is 2.18. The fourth-order valence-corrected chi connectivity index (χ4v) is 1.85. The van der Waals surface area contributed by atoms with Crippen molar-refractivity contribution in [3.05, 3.63) is 0 Å². The summed E-state index contributed by atoms with van der Waals surface area (Å²) in [4.78, 5) is 13.5. The molecule has 90 valence electrons. The Morgan fingerprint density at radius 1 is 1.33 bits per heavy atom. The van der Waals surface area contributed by atoms with Crippen molar-refractivity contribution in [2.75, 3.05) is 13.1 Å². The topological polar surface area (TPSA) is 58.4 Å². The Bertz CT molecular complexity index is 179. The van der Waals surface area contributed by atoms with Gasteiger partial charge in [-0.25, -0.2) is 5.84 Å². The molecule has 4 nitrogen and oxygen atoms in total. The third-order valence-electron chi connectivity index (χ3n) is 2.57. The van der Waals surface area contributed by atoms with Crippen LogP contribution in [0, 0.1) is 5.92 Å². The molecule has 0 aromatic heterocycles. The Morgan fingerprint density at radius 2 is 1.87 bits per heavy atom. The van der Waals surface area contributed by atoms with Gasteiger partial charge >= 0.3 is 0 Å². The average Bonchev–Trinajstić information content (AvgIpc) is 2.18. The molecule has 0 unspecified atom stereocenters. The van der Waals surface area contributed by atoms with Gasteiger partial charge in [-0.05, 0) is 18.8 Å². The third kappa shape index (κ3) is 5.74. The molecule has 0 aliphatic carbocycles. The lowest BCUT2D eigenvalue weighted by molar-refractivity contribution is -0.123. The lowest BCUT2D eigenvalue weighted by atomic mass is 10.1. The van der Waals surface area contributed by atoms with Gasteiger partial charge in [-0.2, -0.15) is 0 Å². The van der Waals surface area contributed by atoms with Gasteiger partial charge in [0.1, 0.15) is 0 Å². The molecule has 0 heterocycles. The molecule has 15 heavy (non-hydrogen) atoms. The minimum atomic E-state index is -0.109. The average molecular weight is 215 g/mol. The summed E-state index contributed by atoms with van der Waals surface area (Å²) in [6.45, 7) is 9.98. The van der Waals surface area contributed by atoms with Gasteiger partial charge in [0, 0.05) is 12.6 Å². The number of nitrogens with two attached hydrogens (primary N) is 1. The molecular formula is C11H25N3O. The molecule has 0 fully saturated rings. The maximum Gasteiger partial charge on any atom is 0.248 e. The molecule has 1 amide bonds. The molecule has 0 saturated carbocycles. The second kappa shape index (κ2) is 7.65. The second-order valence-electron chi connectivity index (χ2n) is 4.36. The zero-order chi connectivity index (χ0) is 11.8. The molecule has 0 spiro atoms. The number of hydrogen-bond acceptors (Lipinski definition) is 3. The Morgan fingerprint density at radius 3 is 2.20 bits per heavy atom. The van der Waals surface area contributed by atoms with Gasteiger partial charge in [-0.1, -0.05) is 27.7 Å². The van der Waals surface area contributed by atoms with Crippen molar-refractivity contribution in [2.24, 2.45) is 11.8 Å². The van der Waals surface area contributed by atoms with Crippen LogP contribution in [0.4, 0.5) is 0 Å². The van der Waals surface area contributed by atoms with Crippen LogP contribution in [0.3, 0.4) is 0 Å². The summed E-state index contributed by atoms with van der Waals surface area (Å²) >= 11 is 0. The second-order valence-corrected chi connectivity index (χ2v) is 4.36. The van der Waals surface area contributed by atoms with E-state index in [-0.39, 0.29) is 5.91 Å². The smallest absolute Gasteiger partial charge is 0.248 e. The van der Waals surface area contributed by atoms with Crippen molar-refractivity contribution in [1.82, 2.24) is 10.3 Å². The SMILES string of the molecule is CCC(CC)N(CC(=O)NN)CC(C)C. The van der Waals surface area contributed by atoms with Crippen LogP contribution in [0.15, 0.2) is 0 Å². The molecular weight excluding hydrogens is 190 g/mol. The number of nitrogens with zero attached hydrogens (tertiary/aromatic N) is 1. The fraction of sp³-hybridized carbons (Fsp3) is 0.909. The van der Waals surface area contributed by atoms with Crippen molar-refractivity contribution in [2.45, 2.75) is 46.6 Å². The Kier molecular flexibility index (Phi) is 7.34. The van der Waals surface area contributed by atoms with E-state index in [1.807, 2.05) is 0 Å². The summed E-state index contributed by atoms with van der Waals surface area (Å²) in [5.74, 6) is 5.57. The highest BCUT2D eigenvalue weighted by molar-refractivity contribution is 5.77. The first-order chi connectivity index (χ1) is 7.04. The minimum Gasteiger partial charge on any atom is -0.293 e. The maximum atomic E-state index is 11.3. The lowest BCUT2D eigenvalue weighted by Crippen LogP contribution is -2.45. The van der Waals surface area contributed by atoms with Crippen LogP contribution in [0.5, 0.6) is 0 Å². The molecule has 0 aliphatic heterocycles. The first kappa shape index (κ1) is 14.4. The van der Waals surface area contributed by atoms with Crippen molar-refractivity contribution >= 4 is 5.91 Å². The van der Waals surface area contributed by atoms with Gasteiger partial charge in [0.2, 0.25) is 5.91 Å². The van der Waals surface area contributed by atoms with E-state index in [9.17, 15) is 4.79 Å². The largest absolute Gasteiger partial charge is 0.293 e. The number of hydrazine groups is 1. The predicted molar refractivity (Wildman–Crippen MR) is 63.1 cm³/mol. The summed E-state index contributed by atoms with van der Waals surface area (Å²) < 4.78 is 0. The van der Waals surface area contributed by atoms with E-state index in [4.69, 9.17) is 5.84 Å². The number of carbonyl (C=O) groups excluding carboxylic acids is 1. The molecule has 0 atom stereocenters. The van der Waals surface area contributed by atoms with Gasteiger partial charge in [-0.3, -0.25) is 15.1 Å². The van der Waals surface area contributed by atoms with E-state index in [0.717, 1.165) is 19.4 Å². The molecule has 4 heteroatoms. The first-order valence-electron chi connectivity index (χ1n) is 5.78. The van der Waals surface area contributed by atoms with Crippen LogP contribution < -0.4 is 11.3 Å². The summed E-state index contributed by atoms with van der Waals surface area (Å²) in [7, 11) is 0. The summed E-state index contributed by atoms with van der Waals surface area (Å²) in [5, 5.41) is 0. The number of hydrogen-bond donors (Lipinski definition) is 2. The molecule has 0 saturated heterocycles. The molecule has 0 bridgehead atoms. The monoisotopic (exact) mass is 215 g/mol. The highest BCUT2D eigenvalue weighted by atomic mass is 16.2. The van der Waals surface area contributed by atoms with Gasteiger partial charge < -0.3 is 0 Å². The fourth-order valence-electron chi connectivity index (χ4n) is 1.85. The molecule has 0 radical (unpaired) electrons. The van der Waals surface area contributed by atoms with E-state index in [0.29, 0.717) is 18.5 Å². The van der Waals surface area contributed by atoms with Gasteiger partial charge in [-0.15, -0.1) is 0 Å².